The van der Waals surface area contributed by atoms with E-state index in [2.05, 4.69) is 20.4 Å². The number of allylic oxidation sites excluding steroid dienone is 1. The summed E-state index contributed by atoms with van der Waals surface area (Å²) < 4.78 is 0. The summed E-state index contributed by atoms with van der Waals surface area (Å²) in [5.74, 6) is 1.98. The van der Waals surface area contributed by atoms with Gasteiger partial charge in [-0.1, -0.05) is 26.8 Å². The maximum atomic E-state index is 13.0. The molecular weight excluding hydrogens is 272 g/mol. The smallest absolute Gasteiger partial charge is 0.165 e. The maximum Gasteiger partial charge on any atom is 0.165 e. The summed E-state index contributed by atoms with van der Waals surface area (Å²) in [7, 11) is 0. The van der Waals surface area contributed by atoms with E-state index >= 15 is 0 Å². The Morgan fingerprint density at radius 1 is 1.14 bits per heavy atom. The fraction of sp³-hybridized carbons (Fsp3) is 0.850. The third-order valence-corrected chi connectivity index (χ3v) is 8.46. The molecular formula is C20H30O2. The van der Waals surface area contributed by atoms with Crippen molar-refractivity contribution in [2.24, 2.45) is 34.0 Å². The number of fused-ring (bicyclic) bond motifs is 3. The molecule has 4 rings (SSSR count). The Kier molecular flexibility index (Phi) is 3.03. The van der Waals surface area contributed by atoms with Crippen LogP contribution in [0.2, 0.25) is 0 Å². The molecule has 122 valence electrons. The molecule has 4 fully saturated rings. The molecule has 1 spiro atoms. The average molecular weight is 302 g/mol. The van der Waals surface area contributed by atoms with E-state index in [1.165, 1.54) is 19.3 Å². The molecule has 0 aromatic heterocycles. The number of carbonyl (C=O) groups excluding carboxylic acids is 1. The van der Waals surface area contributed by atoms with Crippen LogP contribution in [0.15, 0.2) is 12.2 Å². The Bertz CT molecular complexity index is 538. The summed E-state index contributed by atoms with van der Waals surface area (Å²) >= 11 is 0. The number of hydrogen-bond acceptors (Lipinski definition) is 2. The minimum atomic E-state index is -0.0844. The average Bonchev–Trinajstić information content (AvgIpc) is 2.68. The van der Waals surface area contributed by atoms with Crippen molar-refractivity contribution in [2.75, 3.05) is 6.61 Å². The lowest BCUT2D eigenvalue weighted by atomic mass is 9.41. The fourth-order valence-electron chi connectivity index (χ4n) is 7.44. The Labute approximate surface area is 134 Å². The second kappa shape index (κ2) is 4.47. The molecule has 0 unspecified atom stereocenters. The normalized spacial score (nSPS) is 54.0. The van der Waals surface area contributed by atoms with Gasteiger partial charge in [0.05, 0.1) is 0 Å². The lowest BCUT2D eigenvalue weighted by Gasteiger charge is -2.63. The number of aliphatic hydroxyl groups is 1. The van der Waals surface area contributed by atoms with Crippen LogP contribution in [0, 0.1) is 34.0 Å². The lowest BCUT2D eigenvalue weighted by Crippen LogP contribution is -2.58. The van der Waals surface area contributed by atoms with Crippen LogP contribution in [0.25, 0.3) is 0 Å². The van der Waals surface area contributed by atoms with Crippen molar-refractivity contribution in [3.63, 3.8) is 0 Å². The molecule has 22 heavy (non-hydrogen) atoms. The van der Waals surface area contributed by atoms with Crippen LogP contribution in [0.1, 0.15) is 65.2 Å². The van der Waals surface area contributed by atoms with Crippen LogP contribution < -0.4 is 0 Å². The Hall–Kier alpha value is -0.630. The summed E-state index contributed by atoms with van der Waals surface area (Å²) in [6.45, 7) is 9.18. The third-order valence-electron chi connectivity index (χ3n) is 8.46. The van der Waals surface area contributed by atoms with Crippen molar-refractivity contribution >= 4 is 5.78 Å². The molecule has 0 aliphatic heterocycles. The predicted molar refractivity (Wildman–Crippen MR) is 87.3 cm³/mol. The van der Waals surface area contributed by atoms with Crippen LogP contribution in [0.3, 0.4) is 0 Å². The van der Waals surface area contributed by atoms with Gasteiger partial charge in [-0.3, -0.25) is 4.79 Å². The van der Waals surface area contributed by atoms with E-state index in [1.54, 1.807) is 0 Å². The zero-order valence-electron chi connectivity index (χ0n) is 14.2. The summed E-state index contributed by atoms with van der Waals surface area (Å²) in [5.41, 5.74) is 1.15. The van der Waals surface area contributed by atoms with Gasteiger partial charge in [-0.15, -0.1) is 0 Å². The van der Waals surface area contributed by atoms with Crippen LogP contribution in [-0.4, -0.2) is 17.5 Å². The molecule has 2 heteroatoms. The van der Waals surface area contributed by atoms with Crippen LogP contribution in [0.5, 0.6) is 0 Å². The van der Waals surface area contributed by atoms with Crippen LogP contribution >= 0.6 is 0 Å². The van der Waals surface area contributed by atoms with Gasteiger partial charge < -0.3 is 5.11 Å². The second-order valence-corrected chi connectivity index (χ2v) is 9.30. The Balaban J connectivity index is 1.78. The highest BCUT2D eigenvalue weighted by atomic mass is 16.3. The molecule has 2 nitrogen and oxygen atoms in total. The molecule has 0 amide bonds. The van der Waals surface area contributed by atoms with Gasteiger partial charge in [0, 0.05) is 12.0 Å². The first-order chi connectivity index (χ1) is 10.4. The van der Waals surface area contributed by atoms with Gasteiger partial charge in [0.1, 0.15) is 0 Å². The number of rotatable bonds is 1. The number of ketones is 1. The van der Waals surface area contributed by atoms with E-state index in [-0.39, 0.29) is 16.2 Å². The highest BCUT2D eigenvalue weighted by Crippen LogP contribution is 2.70. The van der Waals surface area contributed by atoms with Gasteiger partial charge in [-0.2, -0.15) is 0 Å². The Morgan fingerprint density at radius 3 is 2.64 bits per heavy atom. The van der Waals surface area contributed by atoms with Crippen molar-refractivity contribution in [1.82, 2.24) is 0 Å². The summed E-state index contributed by atoms with van der Waals surface area (Å²) in [6, 6.07) is 0. The minimum Gasteiger partial charge on any atom is -0.396 e. The second-order valence-electron chi connectivity index (χ2n) is 9.30. The molecule has 4 saturated carbocycles. The molecule has 1 N–H and O–H groups in total. The molecule has 0 heterocycles. The van der Waals surface area contributed by atoms with Crippen LogP contribution in [-0.2, 0) is 4.79 Å². The van der Waals surface area contributed by atoms with E-state index in [9.17, 15) is 9.90 Å². The predicted octanol–water partition coefficient (Wildman–Crippen LogP) is 4.13. The SMILES string of the molecule is C=C1C(=O)[C@@]23CC[C@H]4[C@@](C)(CO)CCC[C@]4(C)[C@H]2CC[C@@H]1C3. The van der Waals surface area contributed by atoms with Gasteiger partial charge in [0.2, 0.25) is 0 Å². The highest BCUT2D eigenvalue weighted by Gasteiger charge is 2.66. The molecule has 2 bridgehead atoms. The van der Waals surface area contributed by atoms with Crippen molar-refractivity contribution < 1.29 is 9.90 Å². The van der Waals surface area contributed by atoms with Crippen molar-refractivity contribution in [1.29, 1.82) is 0 Å². The van der Waals surface area contributed by atoms with Crippen LogP contribution in [0.4, 0.5) is 0 Å². The molecule has 4 aliphatic rings. The summed E-state index contributed by atoms with van der Waals surface area (Å²) in [5, 5.41) is 10.0. The van der Waals surface area contributed by atoms with Crippen molar-refractivity contribution in [2.45, 2.75) is 65.2 Å². The molecule has 6 atom stereocenters. The number of hydrogen-bond donors (Lipinski definition) is 1. The molecule has 0 aromatic carbocycles. The van der Waals surface area contributed by atoms with Gasteiger partial charge >= 0.3 is 0 Å². The highest BCUT2D eigenvalue weighted by molar-refractivity contribution is 6.03. The summed E-state index contributed by atoms with van der Waals surface area (Å²) in [6.07, 6.45) is 9.19. The first-order valence-corrected chi connectivity index (χ1v) is 9.22. The first kappa shape index (κ1) is 14.9. The molecule has 4 aliphatic carbocycles. The minimum absolute atomic E-state index is 0.0596. The standard InChI is InChI=1S/C20H30O2/c1-13-14-5-6-16-19(3)9-4-8-18(2,12-21)15(19)7-10-20(16,11-14)17(13)22/h14-16,21H,1,4-12H2,2-3H3/t14-,15+,16-,18-,19+,20-/m1/s1. The lowest BCUT2D eigenvalue weighted by molar-refractivity contribution is -0.168. The largest absolute Gasteiger partial charge is 0.396 e. The zero-order valence-corrected chi connectivity index (χ0v) is 14.2. The van der Waals surface area contributed by atoms with Gasteiger partial charge in [0.25, 0.3) is 0 Å². The fourth-order valence-corrected chi connectivity index (χ4v) is 7.44. The number of aliphatic hydroxyl groups excluding tert-OH is 1. The van der Waals surface area contributed by atoms with E-state index in [0.717, 1.165) is 37.7 Å². The number of carbonyl (C=O) groups is 1. The molecule has 0 radical (unpaired) electrons. The Morgan fingerprint density at radius 2 is 1.91 bits per heavy atom. The number of Topliss-reactive ketones (excluding diaryl/α,β-unsaturated/α-hetero) is 1. The maximum absolute atomic E-state index is 13.0. The quantitative estimate of drug-likeness (QED) is 0.740. The van der Waals surface area contributed by atoms with E-state index < -0.39 is 0 Å². The summed E-state index contributed by atoms with van der Waals surface area (Å²) in [4.78, 5) is 13.0. The van der Waals surface area contributed by atoms with Crippen molar-refractivity contribution in [3.8, 4) is 0 Å². The zero-order chi connectivity index (χ0) is 15.8. The topological polar surface area (TPSA) is 37.3 Å². The van der Waals surface area contributed by atoms with E-state index in [0.29, 0.717) is 30.1 Å². The third kappa shape index (κ3) is 1.58. The van der Waals surface area contributed by atoms with Crippen molar-refractivity contribution in [3.05, 3.63) is 12.2 Å². The van der Waals surface area contributed by atoms with E-state index in [4.69, 9.17) is 0 Å². The molecule has 0 saturated heterocycles. The first-order valence-electron chi connectivity index (χ1n) is 9.22. The molecule has 0 aromatic rings. The van der Waals surface area contributed by atoms with Gasteiger partial charge in [0.15, 0.2) is 5.78 Å². The van der Waals surface area contributed by atoms with E-state index in [1.807, 2.05) is 0 Å². The van der Waals surface area contributed by atoms with Gasteiger partial charge in [-0.25, -0.2) is 0 Å². The van der Waals surface area contributed by atoms with Gasteiger partial charge in [-0.05, 0) is 79.1 Å². The monoisotopic (exact) mass is 302 g/mol.